The van der Waals surface area contributed by atoms with Gasteiger partial charge in [-0.15, -0.1) is 0 Å². The average Bonchev–Trinajstić information content (AvgIpc) is 2.51. The van der Waals surface area contributed by atoms with Crippen molar-refractivity contribution in [1.82, 2.24) is 0 Å². The Labute approximate surface area is 185 Å². The van der Waals surface area contributed by atoms with E-state index in [9.17, 15) is 9.59 Å². The van der Waals surface area contributed by atoms with E-state index in [0.29, 0.717) is 23.7 Å². The molecule has 0 saturated carbocycles. The molecule has 0 atom stereocenters. The van der Waals surface area contributed by atoms with Crippen molar-refractivity contribution >= 4 is 31.1 Å². The Morgan fingerprint density at radius 2 is 1.03 bits per heavy atom. The van der Waals surface area contributed by atoms with Gasteiger partial charge in [-0.3, -0.25) is 0 Å². The molecule has 0 radical (unpaired) electrons. The van der Waals surface area contributed by atoms with Gasteiger partial charge in [-0.1, -0.05) is 0 Å². The van der Waals surface area contributed by atoms with Crippen LogP contribution < -0.4 is 0 Å². The van der Waals surface area contributed by atoms with Gasteiger partial charge in [-0.05, 0) is 0 Å². The summed E-state index contributed by atoms with van der Waals surface area (Å²) in [6, 6.07) is 0. The van der Waals surface area contributed by atoms with Gasteiger partial charge >= 0.3 is 186 Å². The number of carbonyl (C=O) groups excluding carboxylic acids is 2. The third-order valence-electron chi connectivity index (χ3n) is 5.30. The molecule has 0 rings (SSSR count). The Balaban J connectivity index is 4.29. The van der Waals surface area contributed by atoms with Gasteiger partial charge < -0.3 is 0 Å². The van der Waals surface area contributed by atoms with Gasteiger partial charge in [0.25, 0.3) is 0 Å². The van der Waals surface area contributed by atoms with Crippen LogP contribution in [0.3, 0.4) is 0 Å². The zero-order valence-corrected chi connectivity index (χ0v) is 23.6. The molecule has 172 valence electrons. The molecule has 29 heavy (non-hydrogen) atoms. The van der Waals surface area contributed by atoms with Crippen LogP contribution in [-0.4, -0.2) is 31.1 Å². The fourth-order valence-corrected chi connectivity index (χ4v) is 7.64. The first-order valence-corrected chi connectivity index (χ1v) is 18.4. The van der Waals surface area contributed by atoms with E-state index in [1.54, 1.807) is 0 Å². The molecule has 0 aromatic heterocycles. The third-order valence-corrected chi connectivity index (χ3v) is 14.9. The van der Waals surface area contributed by atoms with Crippen molar-refractivity contribution in [1.29, 1.82) is 0 Å². The molecular formula is C24H48O4Sn. The van der Waals surface area contributed by atoms with Gasteiger partial charge in [-0.25, -0.2) is 0 Å². The first kappa shape index (κ1) is 28.7. The summed E-state index contributed by atoms with van der Waals surface area (Å²) in [7, 11) is 0. The van der Waals surface area contributed by atoms with Crippen LogP contribution in [0.4, 0.5) is 0 Å². The molecule has 0 aromatic rings. The van der Waals surface area contributed by atoms with Crippen molar-refractivity contribution in [3.8, 4) is 0 Å². The molecule has 0 saturated heterocycles. The zero-order chi connectivity index (χ0) is 22.7. The van der Waals surface area contributed by atoms with Crippen molar-refractivity contribution in [3.63, 3.8) is 0 Å². The van der Waals surface area contributed by atoms with Crippen LogP contribution in [0.25, 0.3) is 0 Å². The van der Waals surface area contributed by atoms with Crippen LogP contribution in [0.15, 0.2) is 0 Å². The predicted molar refractivity (Wildman–Crippen MR) is 124 cm³/mol. The topological polar surface area (TPSA) is 52.6 Å². The first-order valence-electron chi connectivity index (χ1n) is 11.6. The summed E-state index contributed by atoms with van der Waals surface area (Å²) in [5, 5.41) is 0. The van der Waals surface area contributed by atoms with Gasteiger partial charge in [0.15, 0.2) is 0 Å². The van der Waals surface area contributed by atoms with Gasteiger partial charge in [0, 0.05) is 0 Å². The second-order valence-electron chi connectivity index (χ2n) is 11.4. The molecule has 0 aliphatic rings. The second-order valence-corrected chi connectivity index (χ2v) is 21.6. The standard InChI is InChI=1S/2C10H20O2.C3H7.CH3.Sn/c2*1-10(2,3)8-6-4-5-7-9(11)12;1-3-2;;/h2*4-8H2,1-3H3,(H,11,12);3H,1-2H3;1H3;/q;;;;+2/p-2. The summed E-state index contributed by atoms with van der Waals surface area (Å²) in [4.78, 5) is 26.6. The van der Waals surface area contributed by atoms with Crippen molar-refractivity contribution < 1.29 is 15.7 Å². The summed E-state index contributed by atoms with van der Waals surface area (Å²) in [5.74, 6) is -0.378. The van der Waals surface area contributed by atoms with E-state index in [1.165, 1.54) is 12.8 Å². The maximum absolute atomic E-state index is 12.3. The first-order chi connectivity index (χ1) is 13.1. The monoisotopic (exact) mass is 520 g/mol. The summed E-state index contributed by atoms with van der Waals surface area (Å²) >= 11 is -3.70. The molecule has 4 nitrogen and oxygen atoms in total. The minimum absolute atomic E-state index is 0.110. The van der Waals surface area contributed by atoms with E-state index in [0.717, 1.165) is 38.5 Å². The van der Waals surface area contributed by atoms with Gasteiger partial charge in [-0.2, -0.15) is 0 Å². The molecule has 0 fully saturated rings. The molecule has 0 aliphatic heterocycles. The van der Waals surface area contributed by atoms with Crippen LogP contribution in [-0.2, 0) is 15.7 Å². The molecule has 0 aliphatic carbocycles. The van der Waals surface area contributed by atoms with Crippen LogP contribution >= 0.6 is 0 Å². The molecule has 0 aromatic carbocycles. The summed E-state index contributed by atoms with van der Waals surface area (Å²) < 4.78 is 11.7. The van der Waals surface area contributed by atoms with E-state index in [1.807, 2.05) is 18.8 Å². The molecule has 0 heterocycles. The van der Waals surface area contributed by atoms with Crippen molar-refractivity contribution in [3.05, 3.63) is 0 Å². The summed E-state index contributed by atoms with van der Waals surface area (Å²) in [6.45, 7) is 17.4. The molecule has 0 amide bonds. The van der Waals surface area contributed by atoms with Crippen LogP contribution in [0, 0.1) is 10.8 Å². The Hall–Kier alpha value is -0.261. The zero-order valence-electron chi connectivity index (χ0n) is 20.8. The SMILES string of the molecule is C[CH](C)[Sn]([CH3])([O]C(=O)CCCCCC(C)(C)C)[O]C(=O)CCCCCC(C)(C)C. The number of hydrogen-bond acceptors (Lipinski definition) is 4. The van der Waals surface area contributed by atoms with E-state index in [4.69, 9.17) is 6.15 Å². The third kappa shape index (κ3) is 16.1. The second kappa shape index (κ2) is 13.2. The van der Waals surface area contributed by atoms with E-state index < -0.39 is 19.2 Å². The van der Waals surface area contributed by atoms with E-state index in [2.05, 4.69) is 41.5 Å². The van der Waals surface area contributed by atoms with Crippen molar-refractivity contribution in [2.45, 2.75) is 128 Å². The summed E-state index contributed by atoms with van der Waals surface area (Å²) in [6.07, 6.45) is 9.20. The molecule has 5 heteroatoms. The van der Waals surface area contributed by atoms with Gasteiger partial charge in [0.05, 0.1) is 0 Å². The average molecular weight is 519 g/mol. The fourth-order valence-electron chi connectivity index (χ4n) is 3.01. The van der Waals surface area contributed by atoms with Gasteiger partial charge in [0.1, 0.15) is 0 Å². The Morgan fingerprint density at radius 3 is 1.31 bits per heavy atom. The number of rotatable bonds is 13. The fraction of sp³-hybridized carbons (Fsp3) is 0.917. The van der Waals surface area contributed by atoms with Crippen molar-refractivity contribution in [2.24, 2.45) is 10.8 Å². The van der Waals surface area contributed by atoms with Crippen LogP contribution in [0.1, 0.15) is 120 Å². The number of hydrogen-bond donors (Lipinski definition) is 0. The number of unbranched alkanes of at least 4 members (excludes halogenated alkanes) is 4. The van der Waals surface area contributed by atoms with Gasteiger partial charge in [0.2, 0.25) is 0 Å². The Kier molecular flexibility index (Phi) is 13.1. The van der Waals surface area contributed by atoms with E-state index >= 15 is 0 Å². The molecule has 0 spiro atoms. The molecular weight excluding hydrogens is 471 g/mol. The number of carbonyl (C=O) groups is 2. The predicted octanol–water partition coefficient (Wildman–Crippen LogP) is 7.55. The summed E-state index contributed by atoms with van der Waals surface area (Å²) in [5.41, 5.74) is 0.683. The molecule has 0 unspecified atom stereocenters. The Bertz CT molecular complexity index is 448. The minimum atomic E-state index is -3.70. The van der Waals surface area contributed by atoms with Crippen LogP contribution in [0.5, 0.6) is 0 Å². The molecule has 0 bridgehead atoms. The molecule has 0 N–H and O–H groups in total. The van der Waals surface area contributed by atoms with E-state index in [-0.39, 0.29) is 15.9 Å². The maximum atomic E-state index is 12.3. The normalized spacial score (nSPS) is 12.9. The quantitative estimate of drug-likeness (QED) is 0.186. The van der Waals surface area contributed by atoms with Crippen molar-refractivity contribution in [2.75, 3.05) is 0 Å². The Morgan fingerprint density at radius 1 is 0.690 bits per heavy atom. The van der Waals surface area contributed by atoms with Crippen LogP contribution in [0.2, 0.25) is 8.87 Å².